The van der Waals surface area contributed by atoms with Gasteiger partial charge in [0.1, 0.15) is 61.1 Å². The number of likely N-dealkylation sites (tertiary alicyclic amines) is 3. The van der Waals surface area contributed by atoms with E-state index in [9.17, 15) is 59.5 Å². The average Bonchev–Trinajstić information content (AvgIpc) is 1.54. The van der Waals surface area contributed by atoms with Crippen molar-refractivity contribution in [1.29, 1.82) is 0 Å². The molecule has 8 atom stereocenters. The van der Waals surface area contributed by atoms with Crippen LogP contribution in [-0.4, -0.2) is 233 Å². The lowest BCUT2D eigenvalue weighted by Crippen LogP contribution is -2.50. The number of esters is 3. The fourth-order valence-corrected chi connectivity index (χ4v) is 17.5. The number of carboxylic acid groups (broad SMARTS) is 3. The normalized spacial score (nSPS) is 21.8. The van der Waals surface area contributed by atoms with Gasteiger partial charge in [0.2, 0.25) is 0 Å². The van der Waals surface area contributed by atoms with Gasteiger partial charge < -0.3 is 55.0 Å². The molecule has 3 saturated heterocycles. The average molecular weight is 1790 g/mol. The second-order valence-corrected chi connectivity index (χ2v) is 32.4. The Hall–Kier alpha value is -8.28. The number of thioether (sulfide) groups is 1. The summed E-state index contributed by atoms with van der Waals surface area (Å²) < 4.78 is 128. The first-order chi connectivity index (χ1) is 55.0. The molecule has 6 N–H and O–H groups in total. The highest BCUT2D eigenvalue weighted by molar-refractivity contribution is 9.10. The molecule has 0 aliphatic carbocycles. The van der Waals surface area contributed by atoms with Crippen LogP contribution in [0.2, 0.25) is 10.0 Å². The molecule has 115 heavy (non-hydrogen) atoms. The molecule has 0 spiro atoms. The summed E-state index contributed by atoms with van der Waals surface area (Å²) in [6, 6.07) is 9.02. The number of aliphatic carboxylic acids is 3. The molecule has 6 aliphatic rings. The van der Waals surface area contributed by atoms with Gasteiger partial charge in [0.25, 0.3) is 5.92 Å². The first-order valence-electron chi connectivity index (χ1n) is 36.1. The van der Waals surface area contributed by atoms with E-state index in [0.717, 1.165) is 23.9 Å². The summed E-state index contributed by atoms with van der Waals surface area (Å²) in [6.45, 7) is 5.71. The Labute approximate surface area is 690 Å². The van der Waals surface area contributed by atoms with Crippen molar-refractivity contribution in [2.45, 2.75) is 76.4 Å². The van der Waals surface area contributed by atoms with E-state index in [2.05, 4.69) is 51.8 Å². The number of hydrogen-bond donors (Lipinski definition) is 6. The number of rotatable bonds is 30. The minimum atomic E-state index is -3.00. The van der Waals surface area contributed by atoms with Crippen LogP contribution >= 0.6 is 84.9 Å². The number of nitrogens with zero attached hydrogens (tertiary/aromatic N) is 9. The first-order valence-corrected chi connectivity index (χ1v) is 41.4. The molecule has 0 radical (unpaired) electrons. The quantitative estimate of drug-likeness (QED) is 0.0139. The summed E-state index contributed by atoms with van der Waals surface area (Å²) in [4.78, 5) is 105. The van der Waals surface area contributed by atoms with Gasteiger partial charge in [-0.25, -0.2) is 69.7 Å². The van der Waals surface area contributed by atoms with E-state index in [1.54, 1.807) is 61.6 Å². The van der Waals surface area contributed by atoms with Crippen molar-refractivity contribution >= 4 is 138 Å². The van der Waals surface area contributed by atoms with Crippen molar-refractivity contribution in [2.75, 3.05) is 117 Å². The first kappa shape index (κ1) is 89.1. The lowest BCUT2D eigenvalue weighted by atomic mass is 9.93. The number of piperidine rings is 3. The lowest BCUT2D eigenvalue weighted by Gasteiger charge is -2.39. The second kappa shape index (κ2) is 42.2. The summed E-state index contributed by atoms with van der Waals surface area (Å²) in [7, 11) is 0. The number of aromatic nitrogens is 3. The maximum absolute atomic E-state index is 14.8. The number of nitrogens with one attached hydrogen (secondary N) is 3. The third kappa shape index (κ3) is 25.1. The van der Waals surface area contributed by atoms with Crippen LogP contribution in [0.3, 0.4) is 0 Å². The van der Waals surface area contributed by atoms with Gasteiger partial charge in [0, 0.05) is 136 Å². The molecule has 0 bridgehead atoms. The Kier molecular flexibility index (Phi) is 32.7. The van der Waals surface area contributed by atoms with Crippen molar-refractivity contribution in [2.24, 2.45) is 32.7 Å². The van der Waals surface area contributed by atoms with E-state index in [1.165, 1.54) is 75.3 Å². The van der Waals surface area contributed by atoms with E-state index in [0.29, 0.717) is 83.9 Å². The molecule has 3 fully saturated rings. The third-order valence-electron chi connectivity index (χ3n) is 18.1. The highest BCUT2D eigenvalue weighted by Crippen LogP contribution is 2.42. The number of hydrogen-bond acceptors (Lipinski definition) is 27. The van der Waals surface area contributed by atoms with Gasteiger partial charge in [0.15, 0.2) is 32.5 Å². The van der Waals surface area contributed by atoms with E-state index >= 15 is 0 Å². The number of thiazole rings is 3. The fourth-order valence-electron chi connectivity index (χ4n) is 13.8. The van der Waals surface area contributed by atoms with Gasteiger partial charge in [-0.2, -0.15) is 0 Å². The predicted molar refractivity (Wildman–Crippen MR) is 422 cm³/mol. The Morgan fingerprint density at radius 3 is 1.28 bits per heavy atom. The number of carbonyl (C=O) groups excluding carboxylic acids is 3. The van der Waals surface area contributed by atoms with Crippen LogP contribution in [0, 0.1) is 35.2 Å². The molecule has 0 amide bonds. The molecule has 6 aliphatic heterocycles. The van der Waals surface area contributed by atoms with Crippen LogP contribution < -0.4 is 16.0 Å². The van der Waals surface area contributed by atoms with Crippen molar-refractivity contribution in [1.82, 2.24) is 45.6 Å². The zero-order valence-corrected chi connectivity index (χ0v) is 68.3. The SMILES string of the molecule is CCOC(=O)C1=C(CN2CC(CSCC(=O)O)CC(F)(F)C2)NC(c2nccs2)=N[C@H]1c1ccc(F)cc1Cl.CCOC(=O)C1=C(CN2CC(F)CC(COCC(=O)O)C2)NC(c2nccs2)=N[C@H]1c1ccc(F)cc1Br.CCOC(=O)C1=C(CN2CC(F)CC(COCC(=O)O)C2)NC(c2nccs2)=N[C@H]1c1ccc(F)cc1Cl. The van der Waals surface area contributed by atoms with Crippen LogP contribution in [0.4, 0.5) is 30.7 Å². The van der Waals surface area contributed by atoms with Gasteiger partial charge in [-0.3, -0.25) is 34.5 Å². The zero-order valence-electron chi connectivity index (χ0n) is 61.9. The fraction of sp³-hybridized carbons (Fsp3) is 0.440. The Morgan fingerprint density at radius 1 is 0.548 bits per heavy atom. The summed E-state index contributed by atoms with van der Waals surface area (Å²) in [5.74, 6) is -9.33. The minimum absolute atomic E-state index is 0.0466. The summed E-state index contributed by atoms with van der Waals surface area (Å²) in [5.41, 5.74) is 3.03. The summed E-state index contributed by atoms with van der Waals surface area (Å²) >= 11 is 21.3. The number of carboxylic acids is 3. The standard InChI is InChI=1S/C25H27BrF2N4O5S.C25H26ClF3N4O4S2.C25H27ClF2N4O5S/c1-2-37-25(35)21-19(11-32-9-14(7-16(28)10-32)12-36-13-20(33)34)30-23(24-29-5-6-38-24)31-22(21)17-4-3-15(27)8-18(17)26;1-2-37-24(36)20-18(10-33-9-14(8-25(28,29)13-33)11-38-12-19(34)35)31-22(23-30-5-6-39-23)32-21(20)16-4-3-15(27)7-17(16)26;1-2-37-25(35)21-19(11-32-9-14(7-16(28)10-32)12-36-13-20(33)34)30-23(24-29-5-6-38-24)31-22(21)17-4-3-15(27)8-18(17)26/h3-6,8,14,16,22H,2,7,9-13H2,1H3,(H,30,31)(H,33,34);3-7,14,21H,2,8-13H2,1H3,(H,31,32)(H,34,35);3-6,8,14,16,22H,2,7,9-13H2,1H3,(H,30,31)(H,33,34)/t14?,16?,22-;14?,21-;14?,16?,22-/m000/s1. The van der Waals surface area contributed by atoms with E-state index < -0.39 is 115 Å². The monoisotopic (exact) mass is 1780 g/mol. The van der Waals surface area contributed by atoms with Gasteiger partial charge in [-0.05, 0) is 99.1 Å². The lowest BCUT2D eigenvalue weighted by molar-refractivity contribution is -0.143. The topological polar surface area (TPSA) is 331 Å². The van der Waals surface area contributed by atoms with E-state index in [1.807, 2.05) is 9.80 Å². The number of ether oxygens (including phenoxy) is 5. The highest BCUT2D eigenvalue weighted by Gasteiger charge is 2.44. The molecule has 3 aromatic carbocycles. The van der Waals surface area contributed by atoms with E-state index in [4.69, 9.17) is 72.2 Å². The molecule has 0 saturated carbocycles. The van der Waals surface area contributed by atoms with Crippen molar-refractivity contribution in [3.05, 3.63) is 187 Å². The van der Waals surface area contributed by atoms with Crippen molar-refractivity contribution < 1.29 is 98.5 Å². The van der Waals surface area contributed by atoms with Gasteiger partial charge in [-0.15, -0.1) is 45.8 Å². The van der Waals surface area contributed by atoms with Crippen LogP contribution in [0.15, 0.2) is 143 Å². The molecule has 5 unspecified atom stereocenters. The van der Waals surface area contributed by atoms with Gasteiger partial charge in [-0.1, -0.05) is 57.3 Å². The predicted octanol–water partition coefficient (Wildman–Crippen LogP) is 11.9. The van der Waals surface area contributed by atoms with Crippen LogP contribution in [0.1, 0.15) is 89.9 Å². The molecule has 618 valence electrons. The number of alkyl halides is 4. The minimum Gasteiger partial charge on any atom is -0.481 e. The van der Waals surface area contributed by atoms with Crippen LogP contribution in [-0.2, 0) is 52.5 Å². The molecule has 40 heteroatoms. The Bertz CT molecular complexity index is 4450. The summed E-state index contributed by atoms with van der Waals surface area (Å²) in [6.07, 6.45) is 2.67. The molecule has 26 nitrogen and oxygen atoms in total. The molecule has 6 aromatic rings. The van der Waals surface area contributed by atoms with Crippen molar-refractivity contribution in [3.8, 4) is 0 Å². The summed E-state index contributed by atoms with van der Waals surface area (Å²) in [5, 5.41) is 43.2. The highest BCUT2D eigenvalue weighted by atomic mass is 79.9. The largest absolute Gasteiger partial charge is 0.481 e. The number of benzene rings is 3. The maximum atomic E-state index is 14.8. The number of carbonyl (C=O) groups is 6. The van der Waals surface area contributed by atoms with Crippen molar-refractivity contribution in [3.63, 3.8) is 0 Å². The Balaban J connectivity index is 0.000000182. The van der Waals surface area contributed by atoms with E-state index in [-0.39, 0.29) is 142 Å². The van der Waals surface area contributed by atoms with Crippen LogP contribution in [0.25, 0.3) is 0 Å². The molecule has 3 aromatic heterocycles. The van der Waals surface area contributed by atoms with Gasteiger partial charge >= 0.3 is 35.8 Å². The molecule has 12 rings (SSSR count). The van der Waals surface area contributed by atoms with Gasteiger partial charge in [0.05, 0.1) is 62.1 Å². The number of halogens is 10. The molecular formula is C75H80BrCl2F7N12O14S4. The molecule has 9 heterocycles. The smallest absolute Gasteiger partial charge is 0.338 e. The number of aliphatic imine (C=N–C) groups is 3. The Morgan fingerprint density at radius 2 is 0.922 bits per heavy atom. The van der Waals surface area contributed by atoms with Crippen LogP contribution in [0.5, 0.6) is 0 Å². The number of amidine groups is 3. The third-order valence-corrected chi connectivity index (χ3v) is 22.9. The maximum Gasteiger partial charge on any atom is 0.338 e. The second-order valence-electron chi connectivity index (χ2n) is 27.0. The molecular weight excluding hydrogens is 1700 g/mol. The zero-order chi connectivity index (χ0) is 82.6.